The molecular weight excluding hydrogens is 270 g/mol. The van der Waals surface area contributed by atoms with E-state index in [0.717, 1.165) is 4.47 Å². The molecule has 0 aromatic carbocycles. The Hall–Kier alpha value is -1.75. The first-order chi connectivity index (χ1) is 7.75. The summed E-state index contributed by atoms with van der Waals surface area (Å²) in [5, 5.41) is 2.74. The van der Waals surface area contributed by atoms with Crippen LogP contribution < -0.4 is 5.32 Å². The zero-order valence-corrected chi connectivity index (χ0v) is 9.81. The van der Waals surface area contributed by atoms with Gasteiger partial charge in [0.1, 0.15) is 0 Å². The number of hydrogen-bond acceptors (Lipinski definition) is 3. The van der Waals surface area contributed by atoms with Crippen LogP contribution in [0.4, 0.5) is 5.69 Å². The van der Waals surface area contributed by atoms with E-state index in [1.54, 1.807) is 43.0 Å². The lowest BCUT2D eigenvalue weighted by Crippen LogP contribution is -2.11. The SMILES string of the molecule is O=C(Nc1cncc(Br)c1)c1ccncc1. The average Bonchev–Trinajstić information content (AvgIpc) is 2.30. The molecule has 0 aliphatic rings. The van der Waals surface area contributed by atoms with Gasteiger partial charge in [-0.05, 0) is 34.1 Å². The van der Waals surface area contributed by atoms with Crippen molar-refractivity contribution in [3.05, 3.63) is 53.0 Å². The number of pyridine rings is 2. The van der Waals surface area contributed by atoms with Gasteiger partial charge in [0.25, 0.3) is 5.91 Å². The molecule has 2 heterocycles. The van der Waals surface area contributed by atoms with Crippen molar-refractivity contribution >= 4 is 27.5 Å². The largest absolute Gasteiger partial charge is 0.321 e. The fourth-order valence-corrected chi connectivity index (χ4v) is 1.55. The van der Waals surface area contributed by atoms with Crippen molar-refractivity contribution in [2.75, 3.05) is 5.32 Å². The molecule has 0 fully saturated rings. The highest BCUT2D eigenvalue weighted by Crippen LogP contribution is 2.14. The molecule has 2 rings (SSSR count). The first kappa shape index (κ1) is 10.8. The number of amides is 1. The van der Waals surface area contributed by atoms with Gasteiger partial charge in [-0.1, -0.05) is 0 Å². The molecule has 2 aromatic rings. The molecule has 80 valence electrons. The maximum atomic E-state index is 11.7. The van der Waals surface area contributed by atoms with E-state index in [2.05, 4.69) is 31.2 Å². The summed E-state index contributed by atoms with van der Waals surface area (Å²) in [5.41, 5.74) is 1.21. The van der Waals surface area contributed by atoms with E-state index in [0.29, 0.717) is 11.3 Å². The number of rotatable bonds is 2. The van der Waals surface area contributed by atoms with Gasteiger partial charge in [-0.2, -0.15) is 0 Å². The van der Waals surface area contributed by atoms with Gasteiger partial charge >= 0.3 is 0 Å². The van der Waals surface area contributed by atoms with Crippen LogP contribution in [-0.2, 0) is 0 Å². The number of anilines is 1. The van der Waals surface area contributed by atoms with Gasteiger partial charge in [0.15, 0.2) is 0 Å². The fourth-order valence-electron chi connectivity index (χ4n) is 1.19. The van der Waals surface area contributed by atoms with Crippen molar-refractivity contribution in [2.24, 2.45) is 0 Å². The Labute approximate surface area is 101 Å². The van der Waals surface area contributed by atoms with Crippen LogP contribution in [0.15, 0.2) is 47.5 Å². The van der Waals surface area contributed by atoms with Gasteiger partial charge in [-0.15, -0.1) is 0 Å². The minimum atomic E-state index is -0.178. The Balaban J connectivity index is 2.14. The van der Waals surface area contributed by atoms with Gasteiger partial charge < -0.3 is 5.32 Å². The van der Waals surface area contributed by atoms with Crippen molar-refractivity contribution in [1.82, 2.24) is 9.97 Å². The standard InChI is InChI=1S/C11H8BrN3O/c12-9-5-10(7-14-6-9)15-11(16)8-1-3-13-4-2-8/h1-7H,(H,15,16). The van der Waals surface area contributed by atoms with E-state index in [-0.39, 0.29) is 5.91 Å². The molecule has 0 spiro atoms. The Morgan fingerprint density at radius 1 is 1.19 bits per heavy atom. The molecule has 0 saturated heterocycles. The summed E-state index contributed by atoms with van der Waals surface area (Å²) in [5.74, 6) is -0.178. The Kier molecular flexibility index (Phi) is 3.26. The summed E-state index contributed by atoms with van der Waals surface area (Å²) in [6, 6.07) is 5.09. The van der Waals surface area contributed by atoms with Gasteiger partial charge in [0.2, 0.25) is 0 Å². The number of aromatic nitrogens is 2. The van der Waals surface area contributed by atoms with Crippen LogP contribution in [0.3, 0.4) is 0 Å². The fraction of sp³-hybridized carbons (Fsp3) is 0. The van der Waals surface area contributed by atoms with Crippen LogP contribution >= 0.6 is 15.9 Å². The number of hydrogen-bond donors (Lipinski definition) is 1. The lowest BCUT2D eigenvalue weighted by molar-refractivity contribution is 0.102. The highest BCUT2D eigenvalue weighted by atomic mass is 79.9. The zero-order valence-electron chi connectivity index (χ0n) is 8.22. The molecule has 0 aliphatic heterocycles. The highest BCUT2D eigenvalue weighted by molar-refractivity contribution is 9.10. The lowest BCUT2D eigenvalue weighted by atomic mass is 10.2. The first-order valence-corrected chi connectivity index (χ1v) is 5.37. The Morgan fingerprint density at radius 2 is 1.94 bits per heavy atom. The minimum Gasteiger partial charge on any atom is -0.321 e. The summed E-state index contributed by atoms with van der Waals surface area (Å²) in [7, 11) is 0. The van der Waals surface area contributed by atoms with E-state index in [1.165, 1.54) is 0 Å². The summed E-state index contributed by atoms with van der Waals surface area (Å²) >= 11 is 3.28. The Morgan fingerprint density at radius 3 is 2.62 bits per heavy atom. The quantitative estimate of drug-likeness (QED) is 0.918. The summed E-state index contributed by atoms with van der Waals surface area (Å²) < 4.78 is 0.819. The maximum absolute atomic E-state index is 11.7. The predicted molar refractivity (Wildman–Crippen MR) is 64.1 cm³/mol. The lowest BCUT2D eigenvalue weighted by Gasteiger charge is -2.04. The number of carbonyl (C=O) groups excluding carboxylic acids is 1. The second kappa shape index (κ2) is 4.85. The van der Waals surface area contributed by atoms with E-state index in [1.807, 2.05) is 0 Å². The van der Waals surface area contributed by atoms with Crippen molar-refractivity contribution in [2.45, 2.75) is 0 Å². The predicted octanol–water partition coefficient (Wildman–Crippen LogP) is 2.49. The molecule has 0 saturated carbocycles. The van der Waals surface area contributed by atoms with Crippen LogP contribution in [0.5, 0.6) is 0 Å². The smallest absolute Gasteiger partial charge is 0.255 e. The van der Waals surface area contributed by atoms with E-state index in [4.69, 9.17) is 0 Å². The molecule has 1 amide bonds. The van der Waals surface area contributed by atoms with Crippen molar-refractivity contribution in [1.29, 1.82) is 0 Å². The molecule has 16 heavy (non-hydrogen) atoms. The van der Waals surface area contributed by atoms with E-state index in [9.17, 15) is 4.79 Å². The normalized spacial score (nSPS) is 9.81. The monoisotopic (exact) mass is 277 g/mol. The van der Waals surface area contributed by atoms with Crippen LogP contribution in [-0.4, -0.2) is 15.9 Å². The number of nitrogens with one attached hydrogen (secondary N) is 1. The summed E-state index contributed by atoms with van der Waals surface area (Å²) in [6.45, 7) is 0. The first-order valence-electron chi connectivity index (χ1n) is 4.57. The second-order valence-electron chi connectivity index (χ2n) is 3.08. The topological polar surface area (TPSA) is 54.9 Å². The third-order valence-electron chi connectivity index (χ3n) is 1.91. The van der Waals surface area contributed by atoms with Gasteiger partial charge in [0.05, 0.1) is 11.9 Å². The van der Waals surface area contributed by atoms with Crippen molar-refractivity contribution < 1.29 is 4.79 Å². The molecule has 1 N–H and O–H groups in total. The molecule has 0 atom stereocenters. The third-order valence-corrected chi connectivity index (χ3v) is 2.34. The van der Waals surface area contributed by atoms with E-state index < -0.39 is 0 Å². The average molecular weight is 278 g/mol. The van der Waals surface area contributed by atoms with Crippen LogP contribution in [0, 0.1) is 0 Å². The number of carbonyl (C=O) groups is 1. The molecule has 5 heteroatoms. The molecule has 0 aliphatic carbocycles. The number of nitrogens with zero attached hydrogens (tertiary/aromatic N) is 2. The molecule has 0 radical (unpaired) electrons. The minimum absolute atomic E-state index is 0.178. The van der Waals surface area contributed by atoms with Crippen LogP contribution in [0.2, 0.25) is 0 Å². The van der Waals surface area contributed by atoms with Gasteiger partial charge in [-0.25, -0.2) is 0 Å². The van der Waals surface area contributed by atoms with Crippen molar-refractivity contribution in [3.63, 3.8) is 0 Å². The molecule has 4 nitrogen and oxygen atoms in total. The molecular formula is C11H8BrN3O. The molecule has 0 bridgehead atoms. The van der Waals surface area contributed by atoms with E-state index >= 15 is 0 Å². The summed E-state index contributed by atoms with van der Waals surface area (Å²) in [4.78, 5) is 19.5. The third kappa shape index (κ3) is 2.64. The summed E-state index contributed by atoms with van der Waals surface area (Å²) in [6.07, 6.45) is 6.40. The van der Waals surface area contributed by atoms with Gasteiger partial charge in [0, 0.05) is 28.6 Å². The molecule has 2 aromatic heterocycles. The maximum Gasteiger partial charge on any atom is 0.255 e. The van der Waals surface area contributed by atoms with Crippen LogP contribution in [0.1, 0.15) is 10.4 Å². The Bertz CT molecular complexity index is 502. The van der Waals surface area contributed by atoms with Crippen LogP contribution in [0.25, 0.3) is 0 Å². The van der Waals surface area contributed by atoms with Gasteiger partial charge in [-0.3, -0.25) is 14.8 Å². The molecule has 0 unspecified atom stereocenters. The second-order valence-corrected chi connectivity index (χ2v) is 4.00. The zero-order chi connectivity index (χ0) is 11.4. The highest BCUT2D eigenvalue weighted by Gasteiger charge is 2.05. The van der Waals surface area contributed by atoms with Crippen molar-refractivity contribution in [3.8, 4) is 0 Å². The number of halogens is 1.